The number of halogens is 1. The predicted molar refractivity (Wildman–Crippen MR) is 53.1 cm³/mol. The summed E-state index contributed by atoms with van der Waals surface area (Å²) in [6.07, 6.45) is 0.847. The Balaban J connectivity index is 0.00000144. The van der Waals surface area contributed by atoms with Gasteiger partial charge in [-0.3, -0.25) is 4.79 Å². The third kappa shape index (κ3) is 3.14. The van der Waals surface area contributed by atoms with Gasteiger partial charge < -0.3 is 15.0 Å². The second kappa shape index (κ2) is 5.42. The highest BCUT2D eigenvalue weighted by molar-refractivity contribution is 5.85. The molecule has 1 fully saturated rings. The molecule has 1 N–H and O–H groups in total. The quantitative estimate of drug-likeness (QED) is 0.643. The first-order valence-corrected chi connectivity index (χ1v) is 4.12. The summed E-state index contributed by atoms with van der Waals surface area (Å²) in [4.78, 5) is 13.2. The van der Waals surface area contributed by atoms with E-state index in [1.807, 2.05) is 14.1 Å². The van der Waals surface area contributed by atoms with Crippen LogP contribution < -0.4 is 5.32 Å². The average Bonchev–Trinajstić information content (AvgIpc) is 2.51. The number of likely N-dealkylation sites (N-methyl/N-ethyl adjacent to an activating group) is 1. The van der Waals surface area contributed by atoms with Crippen LogP contribution in [-0.4, -0.2) is 50.7 Å². The van der Waals surface area contributed by atoms with Crippen LogP contribution >= 0.6 is 12.4 Å². The molecule has 0 aliphatic carbocycles. The number of hydrogen-bond donors (Lipinski definition) is 1. The lowest BCUT2D eigenvalue weighted by Gasteiger charge is -2.17. The summed E-state index contributed by atoms with van der Waals surface area (Å²) >= 11 is 0. The molecule has 1 heterocycles. The van der Waals surface area contributed by atoms with Crippen LogP contribution in [0.25, 0.3) is 0 Å². The molecule has 1 saturated heterocycles. The maximum absolute atomic E-state index is 11.1. The first kappa shape index (κ1) is 12.7. The van der Waals surface area contributed by atoms with Crippen LogP contribution in [0.4, 0.5) is 0 Å². The van der Waals surface area contributed by atoms with E-state index in [0.717, 1.165) is 13.0 Å². The van der Waals surface area contributed by atoms with E-state index in [1.54, 1.807) is 0 Å². The predicted octanol–water partition coefficient (Wildman–Crippen LogP) is -0.127. The van der Waals surface area contributed by atoms with Crippen LogP contribution in [0.5, 0.6) is 0 Å². The van der Waals surface area contributed by atoms with Gasteiger partial charge in [-0.2, -0.15) is 0 Å². The van der Waals surface area contributed by atoms with Crippen molar-refractivity contribution < 1.29 is 9.53 Å². The zero-order chi connectivity index (χ0) is 9.14. The van der Waals surface area contributed by atoms with Crippen molar-refractivity contribution in [2.45, 2.75) is 18.5 Å². The summed E-state index contributed by atoms with van der Waals surface area (Å²) in [6.45, 7) is 0.868. The van der Waals surface area contributed by atoms with Crippen molar-refractivity contribution >= 4 is 18.4 Å². The van der Waals surface area contributed by atoms with Crippen molar-refractivity contribution in [3.63, 3.8) is 0 Å². The number of ether oxygens (including phenoxy) is 1. The lowest BCUT2D eigenvalue weighted by Crippen LogP contribution is -2.31. The SMILES string of the molecule is COC(=O)[C@@H]1C[C@@H](N(C)C)CN1.Cl. The van der Waals surface area contributed by atoms with E-state index in [-0.39, 0.29) is 24.4 Å². The molecule has 0 amide bonds. The third-order valence-corrected chi connectivity index (χ3v) is 2.32. The summed E-state index contributed by atoms with van der Waals surface area (Å²) in [5.74, 6) is -0.153. The highest BCUT2D eigenvalue weighted by Crippen LogP contribution is 2.11. The highest BCUT2D eigenvalue weighted by atomic mass is 35.5. The molecule has 0 aromatic carbocycles. The molecule has 1 rings (SSSR count). The van der Waals surface area contributed by atoms with Crippen molar-refractivity contribution in [3.8, 4) is 0 Å². The van der Waals surface area contributed by atoms with E-state index in [1.165, 1.54) is 7.11 Å². The van der Waals surface area contributed by atoms with Gasteiger partial charge in [0.15, 0.2) is 0 Å². The second-order valence-electron chi connectivity index (χ2n) is 3.34. The fraction of sp³-hybridized carbons (Fsp3) is 0.875. The van der Waals surface area contributed by atoms with Crippen LogP contribution in [-0.2, 0) is 9.53 Å². The molecule has 0 aromatic heterocycles. The van der Waals surface area contributed by atoms with Gasteiger partial charge in [-0.25, -0.2) is 0 Å². The summed E-state index contributed by atoms with van der Waals surface area (Å²) in [5, 5.41) is 3.12. The molecule has 0 spiro atoms. The maximum Gasteiger partial charge on any atom is 0.322 e. The molecular weight excluding hydrogens is 192 g/mol. The standard InChI is InChI=1S/C8H16N2O2.ClH/c1-10(2)6-4-7(9-5-6)8(11)12-3;/h6-7,9H,4-5H2,1-3H3;1H/t6-,7+;/m1./s1. The number of hydrogen-bond acceptors (Lipinski definition) is 4. The minimum Gasteiger partial charge on any atom is -0.468 e. The van der Waals surface area contributed by atoms with Crippen molar-refractivity contribution in [2.24, 2.45) is 0 Å². The fourth-order valence-electron chi connectivity index (χ4n) is 1.43. The summed E-state index contributed by atoms with van der Waals surface area (Å²) < 4.78 is 4.64. The molecule has 0 bridgehead atoms. The van der Waals surface area contributed by atoms with Crippen molar-refractivity contribution in [3.05, 3.63) is 0 Å². The molecule has 1 aliphatic heterocycles. The monoisotopic (exact) mass is 208 g/mol. The Morgan fingerprint density at radius 3 is 2.54 bits per heavy atom. The Hall–Kier alpha value is -0.320. The molecule has 0 radical (unpaired) electrons. The molecule has 0 saturated carbocycles. The number of rotatable bonds is 2. The smallest absolute Gasteiger partial charge is 0.322 e. The number of nitrogens with one attached hydrogen (secondary N) is 1. The number of esters is 1. The van der Waals surface area contributed by atoms with Gasteiger partial charge in [-0.15, -0.1) is 12.4 Å². The van der Waals surface area contributed by atoms with Crippen LogP contribution in [0.2, 0.25) is 0 Å². The van der Waals surface area contributed by atoms with Crippen molar-refractivity contribution in [2.75, 3.05) is 27.7 Å². The molecule has 78 valence electrons. The van der Waals surface area contributed by atoms with Gasteiger partial charge in [0, 0.05) is 12.6 Å². The average molecular weight is 209 g/mol. The van der Waals surface area contributed by atoms with Crippen LogP contribution in [0.3, 0.4) is 0 Å². The summed E-state index contributed by atoms with van der Waals surface area (Å²) in [7, 11) is 5.46. The number of carbonyl (C=O) groups is 1. The van der Waals surface area contributed by atoms with Gasteiger partial charge in [-0.05, 0) is 20.5 Å². The van der Waals surface area contributed by atoms with E-state index in [9.17, 15) is 4.79 Å². The maximum atomic E-state index is 11.1. The van der Waals surface area contributed by atoms with E-state index in [2.05, 4.69) is 15.0 Å². The lowest BCUT2D eigenvalue weighted by atomic mass is 10.1. The first-order valence-electron chi connectivity index (χ1n) is 4.12. The normalized spacial score (nSPS) is 27.1. The molecule has 0 unspecified atom stereocenters. The third-order valence-electron chi connectivity index (χ3n) is 2.32. The fourth-order valence-corrected chi connectivity index (χ4v) is 1.43. The van der Waals surface area contributed by atoms with Crippen LogP contribution in [0, 0.1) is 0 Å². The molecule has 5 heteroatoms. The van der Waals surface area contributed by atoms with Crippen molar-refractivity contribution in [1.29, 1.82) is 0 Å². The van der Waals surface area contributed by atoms with Crippen LogP contribution in [0.1, 0.15) is 6.42 Å². The minimum atomic E-state index is -0.153. The number of methoxy groups -OCH3 is 1. The van der Waals surface area contributed by atoms with Gasteiger partial charge in [0.25, 0.3) is 0 Å². The Kier molecular flexibility index (Phi) is 5.29. The minimum absolute atomic E-state index is 0. The summed E-state index contributed by atoms with van der Waals surface area (Å²) in [5.41, 5.74) is 0. The molecule has 0 aromatic rings. The first-order chi connectivity index (χ1) is 5.65. The van der Waals surface area contributed by atoms with Gasteiger partial charge in [0.2, 0.25) is 0 Å². The zero-order valence-corrected chi connectivity index (χ0v) is 9.06. The Labute approximate surface area is 85.0 Å². The zero-order valence-electron chi connectivity index (χ0n) is 8.24. The molecule has 2 atom stereocenters. The van der Waals surface area contributed by atoms with Gasteiger partial charge in [0.1, 0.15) is 6.04 Å². The van der Waals surface area contributed by atoms with E-state index in [0.29, 0.717) is 6.04 Å². The molecule has 4 nitrogen and oxygen atoms in total. The summed E-state index contributed by atoms with van der Waals surface area (Å²) in [6, 6.07) is 0.344. The molecular formula is C8H17ClN2O2. The van der Waals surface area contributed by atoms with Crippen molar-refractivity contribution in [1.82, 2.24) is 10.2 Å². The van der Waals surface area contributed by atoms with Gasteiger partial charge >= 0.3 is 5.97 Å². The number of nitrogens with zero attached hydrogens (tertiary/aromatic N) is 1. The second-order valence-corrected chi connectivity index (χ2v) is 3.34. The topological polar surface area (TPSA) is 41.6 Å². The van der Waals surface area contributed by atoms with E-state index < -0.39 is 0 Å². The lowest BCUT2D eigenvalue weighted by molar-refractivity contribution is -0.142. The van der Waals surface area contributed by atoms with Crippen LogP contribution in [0.15, 0.2) is 0 Å². The Morgan fingerprint density at radius 1 is 1.54 bits per heavy atom. The van der Waals surface area contributed by atoms with E-state index in [4.69, 9.17) is 0 Å². The van der Waals surface area contributed by atoms with E-state index >= 15 is 0 Å². The Bertz CT molecular complexity index is 176. The molecule has 13 heavy (non-hydrogen) atoms. The number of carbonyl (C=O) groups excluding carboxylic acids is 1. The van der Waals surface area contributed by atoms with Gasteiger partial charge in [-0.1, -0.05) is 0 Å². The highest BCUT2D eigenvalue weighted by Gasteiger charge is 2.30. The van der Waals surface area contributed by atoms with Gasteiger partial charge in [0.05, 0.1) is 7.11 Å². The largest absolute Gasteiger partial charge is 0.468 e. The Morgan fingerprint density at radius 2 is 2.15 bits per heavy atom. The molecule has 1 aliphatic rings.